The van der Waals surface area contributed by atoms with Gasteiger partial charge in [0.2, 0.25) is 9.84 Å². The minimum absolute atomic E-state index is 0.0473. The van der Waals surface area contributed by atoms with E-state index in [4.69, 9.17) is 0 Å². The van der Waals surface area contributed by atoms with Gasteiger partial charge in [-0.3, -0.25) is 24.6 Å². The number of thiazole rings is 1. The van der Waals surface area contributed by atoms with Crippen LogP contribution in [0.15, 0.2) is 86.9 Å². The van der Waals surface area contributed by atoms with Crippen molar-refractivity contribution in [3.8, 4) is 0 Å². The molecule has 1 atom stereocenters. The fourth-order valence-corrected chi connectivity index (χ4v) is 7.33. The van der Waals surface area contributed by atoms with Gasteiger partial charge < -0.3 is 5.11 Å². The van der Waals surface area contributed by atoms with Crippen molar-refractivity contribution < 1.29 is 28.0 Å². The van der Waals surface area contributed by atoms with Crippen molar-refractivity contribution in [2.75, 3.05) is 4.90 Å². The zero-order valence-corrected chi connectivity index (χ0v) is 21.9. The number of ketones is 1. The van der Waals surface area contributed by atoms with E-state index in [0.717, 1.165) is 40.9 Å². The van der Waals surface area contributed by atoms with Crippen molar-refractivity contribution in [2.24, 2.45) is 0 Å². The Kier molecular flexibility index (Phi) is 6.42. The molecule has 1 amide bonds. The third-order valence-electron chi connectivity index (χ3n) is 5.88. The SMILES string of the molecule is Cc1ccc(/C(O)=C2\C(=O)C(=O)N(c3ncc(S(=O)(=O)c4ccc([N+](=O)[O-])cc4)s3)C2c2cccs2)cc1. The Morgan fingerprint density at radius 1 is 1.08 bits per heavy atom. The normalized spacial score (nSPS) is 17.2. The molecule has 1 fully saturated rings. The van der Waals surface area contributed by atoms with Gasteiger partial charge in [-0.15, -0.1) is 11.3 Å². The molecule has 4 aromatic rings. The smallest absolute Gasteiger partial charge is 0.301 e. The van der Waals surface area contributed by atoms with Gasteiger partial charge in [0.1, 0.15) is 16.0 Å². The lowest BCUT2D eigenvalue weighted by molar-refractivity contribution is -0.384. The van der Waals surface area contributed by atoms with Crippen molar-refractivity contribution in [1.29, 1.82) is 0 Å². The first-order valence-electron chi connectivity index (χ1n) is 11.0. The number of rotatable bonds is 6. The molecule has 10 nitrogen and oxygen atoms in total. The molecule has 0 saturated carbocycles. The molecule has 13 heteroatoms. The molecule has 2 aromatic heterocycles. The van der Waals surface area contributed by atoms with Gasteiger partial charge in [0.25, 0.3) is 11.5 Å². The molecule has 1 N–H and O–H groups in total. The number of nitro groups is 1. The van der Waals surface area contributed by atoms with Crippen LogP contribution in [0.4, 0.5) is 10.8 Å². The number of aromatic nitrogens is 1. The lowest BCUT2D eigenvalue weighted by Gasteiger charge is -2.21. The van der Waals surface area contributed by atoms with Crippen LogP contribution in [0.1, 0.15) is 22.0 Å². The number of Topliss-reactive ketones (excluding diaryl/α,β-unsaturated/α-hetero) is 1. The highest BCUT2D eigenvalue weighted by Crippen LogP contribution is 2.45. The maximum Gasteiger partial charge on any atom is 0.301 e. The van der Waals surface area contributed by atoms with Crippen LogP contribution in [0.2, 0.25) is 0 Å². The summed E-state index contributed by atoms with van der Waals surface area (Å²) < 4.78 is 26.1. The molecule has 0 radical (unpaired) electrons. The Morgan fingerprint density at radius 2 is 1.76 bits per heavy atom. The van der Waals surface area contributed by atoms with E-state index in [1.807, 2.05) is 6.92 Å². The highest BCUT2D eigenvalue weighted by Gasteiger charge is 2.48. The number of sulfone groups is 1. The van der Waals surface area contributed by atoms with Crippen LogP contribution in [0.25, 0.3) is 5.76 Å². The number of thiophene rings is 1. The second-order valence-corrected chi connectivity index (χ2v) is 12.4. The molecule has 1 aliphatic rings. The number of nitro benzene ring substituents is 1. The summed E-state index contributed by atoms with van der Waals surface area (Å²) in [6.45, 7) is 1.87. The lowest BCUT2D eigenvalue weighted by Crippen LogP contribution is -2.28. The first-order chi connectivity index (χ1) is 18.1. The zero-order valence-electron chi connectivity index (χ0n) is 19.5. The van der Waals surface area contributed by atoms with E-state index in [2.05, 4.69) is 4.98 Å². The maximum atomic E-state index is 13.2. The summed E-state index contributed by atoms with van der Waals surface area (Å²) in [5.41, 5.74) is 0.912. The van der Waals surface area contributed by atoms with Crippen LogP contribution in [-0.2, 0) is 19.4 Å². The van der Waals surface area contributed by atoms with Crippen molar-refractivity contribution in [3.05, 3.63) is 104 Å². The molecule has 5 rings (SSSR count). The topological polar surface area (TPSA) is 148 Å². The van der Waals surface area contributed by atoms with Crippen molar-refractivity contribution >= 4 is 60.8 Å². The Hall–Kier alpha value is -4.20. The molecule has 0 spiro atoms. The zero-order chi connectivity index (χ0) is 27.2. The van der Waals surface area contributed by atoms with Gasteiger partial charge in [0.05, 0.1) is 21.6 Å². The van der Waals surface area contributed by atoms with E-state index in [1.54, 1.807) is 41.8 Å². The van der Waals surface area contributed by atoms with Crippen LogP contribution in [0.3, 0.4) is 0 Å². The molecule has 3 heterocycles. The van der Waals surface area contributed by atoms with Crippen LogP contribution < -0.4 is 4.90 Å². The highest BCUT2D eigenvalue weighted by atomic mass is 32.2. The second-order valence-electron chi connectivity index (χ2n) is 8.27. The van der Waals surface area contributed by atoms with E-state index >= 15 is 0 Å². The van der Waals surface area contributed by atoms with Crippen LogP contribution in [0, 0.1) is 17.0 Å². The van der Waals surface area contributed by atoms with Gasteiger partial charge in [-0.2, -0.15) is 0 Å². The molecule has 1 unspecified atom stereocenters. The first-order valence-corrected chi connectivity index (χ1v) is 14.1. The Bertz CT molecular complexity index is 1710. The lowest BCUT2D eigenvalue weighted by atomic mass is 9.99. The monoisotopic (exact) mass is 567 g/mol. The van der Waals surface area contributed by atoms with Gasteiger partial charge >= 0.3 is 5.91 Å². The number of aliphatic hydroxyl groups excluding tert-OH is 1. The predicted molar refractivity (Wildman–Crippen MR) is 141 cm³/mol. The quantitative estimate of drug-likeness (QED) is 0.114. The number of carbonyl (C=O) groups excluding carboxylic acids is 2. The van der Waals surface area contributed by atoms with Crippen LogP contribution in [0.5, 0.6) is 0 Å². The minimum Gasteiger partial charge on any atom is -0.507 e. The summed E-state index contributed by atoms with van der Waals surface area (Å²) in [4.78, 5) is 42.3. The average molecular weight is 568 g/mol. The number of nitrogens with zero attached hydrogens (tertiary/aromatic N) is 3. The van der Waals surface area contributed by atoms with Crippen LogP contribution in [-0.4, -0.2) is 35.1 Å². The van der Waals surface area contributed by atoms with E-state index in [9.17, 15) is 33.2 Å². The third-order valence-corrected chi connectivity index (χ3v) is 10.0. The Labute approximate surface area is 224 Å². The third kappa shape index (κ3) is 4.30. The average Bonchev–Trinajstić information content (AvgIpc) is 3.65. The number of aryl methyl sites for hydroxylation is 1. The largest absolute Gasteiger partial charge is 0.507 e. The van der Waals surface area contributed by atoms with Gasteiger partial charge in [-0.1, -0.05) is 47.2 Å². The van der Waals surface area contributed by atoms with Crippen molar-refractivity contribution in [2.45, 2.75) is 22.1 Å². The number of benzene rings is 2. The number of anilines is 1. The fourth-order valence-electron chi connectivity index (χ4n) is 3.96. The molecule has 0 aliphatic carbocycles. The number of hydrogen-bond acceptors (Lipinski definition) is 10. The number of hydrogen-bond donors (Lipinski definition) is 1. The minimum atomic E-state index is -4.12. The van der Waals surface area contributed by atoms with Crippen molar-refractivity contribution in [3.63, 3.8) is 0 Å². The maximum absolute atomic E-state index is 13.2. The summed E-state index contributed by atoms with van der Waals surface area (Å²) in [6, 6.07) is 13.6. The van der Waals surface area contributed by atoms with Gasteiger partial charge in [-0.25, -0.2) is 13.4 Å². The number of aliphatic hydroxyl groups is 1. The van der Waals surface area contributed by atoms with E-state index in [1.165, 1.54) is 11.3 Å². The molecular formula is C25H17N3O7S3. The summed E-state index contributed by atoms with van der Waals surface area (Å²) in [5, 5.41) is 23.7. The molecular weight excluding hydrogens is 550 g/mol. The van der Waals surface area contributed by atoms with Crippen molar-refractivity contribution in [1.82, 2.24) is 4.98 Å². The fraction of sp³-hybridized carbons (Fsp3) is 0.0800. The van der Waals surface area contributed by atoms with Crippen LogP contribution >= 0.6 is 22.7 Å². The Balaban J connectivity index is 1.59. The predicted octanol–water partition coefficient (Wildman–Crippen LogP) is 4.88. The van der Waals surface area contributed by atoms with E-state index in [0.29, 0.717) is 21.8 Å². The molecule has 192 valence electrons. The molecule has 0 bridgehead atoms. The number of carbonyl (C=O) groups is 2. The van der Waals surface area contributed by atoms with E-state index in [-0.39, 0.29) is 31.3 Å². The summed E-state index contributed by atoms with van der Waals surface area (Å²) >= 11 is 1.95. The second kappa shape index (κ2) is 9.59. The Morgan fingerprint density at radius 3 is 2.37 bits per heavy atom. The molecule has 2 aromatic carbocycles. The van der Waals surface area contributed by atoms with Gasteiger partial charge in [0, 0.05) is 22.6 Å². The molecule has 1 aliphatic heterocycles. The highest BCUT2D eigenvalue weighted by molar-refractivity contribution is 7.93. The summed E-state index contributed by atoms with van der Waals surface area (Å²) in [6.07, 6.45) is 1.07. The standard InChI is InChI=1S/C25H17N3O7S3/c1-14-4-6-15(7-5-14)22(29)20-21(18-3-2-12-36-18)27(24(31)23(20)30)25-26-13-19(37-25)38(34,35)17-10-8-16(9-11-17)28(32)33/h2-13,21,29H,1H3/b22-20+. The van der Waals surface area contributed by atoms with Gasteiger partial charge in [-0.05, 0) is 30.5 Å². The van der Waals surface area contributed by atoms with Gasteiger partial charge in [0.15, 0.2) is 5.13 Å². The molecule has 38 heavy (non-hydrogen) atoms. The first kappa shape index (κ1) is 25.4. The molecule has 1 saturated heterocycles. The van der Waals surface area contributed by atoms with E-state index < -0.39 is 32.5 Å². The number of amides is 1. The number of non-ortho nitro benzene ring substituents is 1. The summed E-state index contributed by atoms with van der Waals surface area (Å²) in [5.74, 6) is -2.22. The summed E-state index contributed by atoms with van der Waals surface area (Å²) in [7, 11) is -4.12.